The highest BCUT2D eigenvalue weighted by molar-refractivity contribution is 5.85. The lowest BCUT2D eigenvalue weighted by molar-refractivity contribution is -0.135. The Morgan fingerprint density at radius 1 is 1.04 bits per heavy atom. The number of para-hydroxylation sites is 2. The molecule has 1 aliphatic rings. The predicted molar refractivity (Wildman–Crippen MR) is 101 cm³/mol. The van der Waals surface area contributed by atoms with Crippen molar-refractivity contribution in [3.8, 4) is 23.0 Å². The van der Waals surface area contributed by atoms with E-state index in [-0.39, 0.29) is 18.9 Å². The summed E-state index contributed by atoms with van der Waals surface area (Å²) in [5, 5.41) is 0. The fourth-order valence-electron chi connectivity index (χ4n) is 2.69. The number of carbonyl (C=O) groups is 2. The van der Waals surface area contributed by atoms with Crippen LogP contribution in [0.4, 0.5) is 0 Å². The maximum atomic E-state index is 12.2. The second-order valence-electron chi connectivity index (χ2n) is 6.12. The molecule has 3 rings (SSSR count). The van der Waals surface area contributed by atoms with Crippen LogP contribution in [-0.4, -0.2) is 38.7 Å². The SMILES string of the molecule is COc1cc(CCC(=O)NNC(=O)[C@@H]2COc3ccccc3O2)cc(OC)c1. The first kappa shape index (κ1) is 19.3. The number of hydrazine groups is 1. The lowest BCUT2D eigenvalue weighted by Crippen LogP contribution is -2.50. The summed E-state index contributed by atoms with van der Waals surface area (Å²) in [7, 11) is 3.13. The normalized spacial score (nSPS) is 14.7. The molecule has 8 nitrogen and oxygen atoms in total. The second-order valence-corrected chi connectivity index (χ2v) is 6.12. The van der Waals surface area contributed by atoms with Gasteiger partial charge < -0.3 is 18.9 Å². The summed E-state index contributed by atoms with van der Waals surface area (Å²) in [5.41, 5.74) is 5.65. The molecule has 0 fully saturated rings. The van der Waals surface area contributed by atoms with Crippen molar-refractivity contribution in [2.24, 2.45) is 0 Å². The van der Waals surface area contributed by atoms with E-state index in [0.29, 0.717) is 29.4 Å². The van der Waals surface area contributed by atoms with E-state index in [9.17, 15) is 9.59 Å². The summed E-state index contributed by atoms with van der Waals surface area (Å²) in [4.78, 5) is 24.2. The molecule has 0 radical (unpaired) electrons. The number of methoxy groups -OCH3 is 2. The lowest BCUT2D eigenvalue weighted by Gasteiger charge is -2.25. The van der Waals surface area contributed by atoms with Crippen LogP contribution in [0, 0.1) is 0 Å². The zero-order chi connectivity index (χ0) is 19.9. The fraction of sp³-hybridized carbons (Fsp3) is 0.300. The topological polar surface area (TPSA) is 95.1 Å². The Hall–Kier alpha value is -3.42. The molecule has 0 saturated heterocycles. The van der Waals surface area contributed by atoms with Gasteiger partial charge in [-0.15, -0.1) is 0 Å². The predicted octanol–water partition coefficient (Wildman–Crippen LogP) is 1.62. The third-order valence-electron chi connectivity index (χ3n) is 4.18. The molecule has 2 aromatic rings. The van der Waals surface area contributed by atoms with Crippen LogP contribution < -0.4 is 29.8 Å². The van der Waals surface area contributed by atoms with Crippen molar-refractivity contribution >= 4 is 11.8 Å². The second kappa shape index (κ2) is 8.98. The molecule has 1 heterocycles. The van der Waals surface area contributed by atoms with E-state index in [2.05, 4.69) is 10.9 Å². The average molecular weight is 386 g/mol. The molecule has 28 heavy (non-hydrogen) atoms. The highest BCUT2D eigenvalue weighted by Crippen LogP contribution is 2.30. The van der Waals surface area contributed by atoms with Gasteiger partial charge in [0.2, 0.25) is 12.0 Å². The summed E-state index contributed by atoms with van der Waals surface area (Å²) in [6.07, 6.45) is -0.189. The van der Waals surface area contributed by atoms with Crippen molar-refractivity contribution in [2.75, 3.05) is 20.8 Å². The Balaban J connectivity index is 1.46. The van der Waals surface area contributed by atoms with Crippen LogP contribution in [0.15, 0.2) is 42.5 Å². The molecule has 0 unspecified atom stereocenters. The van der Waals surface area contributed by atoms with Crippen LogP contribution in [0.3, 0.4) is 0 Å². The van der Waals surface area contributed by atoms with Crippen LogP contribution >= 0.6 is 0 Å². The summed E-state index contributed by atoms with van der Waals surface area (Å²) in [6, 6.07) is 12.5. The quantitative estimate of drug-likeness (QED) is 0.733. The molecule has 0 bridgehead atoms. The number of benzene rings is 2. The van der Waals surface area contributed by atoms with Crippen LogP contribution in [0.2, 0.25) is 0 Å². The van der Waals surface area contributed by atoms with Gasteiger partial charge in [-0.05, 0) is 36.2 Å². The van der Waals surface area contributed by atoms with Crippen molar-refractivity contribution in [3.05, 3.63) is 48.0 Å². The first-order valence-electron chi connectivity index (χ1n) is 8.78. The number of ether oxygens (including phenoxy) is 4. The van der Waals surface area contributed by atoms with Crippen LogP contribution in [-0.2, 0) is 16.0 Å². The minimum atomic E-state index is -0.835. The minimum Gasteiger partial charge on any atom is -0.497 e. The minimum absolute atomic E-state index is 0.0717. The molecular weight excluding hydrogens is 364 g/mol. The van der Waals surface area contributed by atoms with E-state index in [0.717, 1.165) is 5.56 Å². The third-order valence-corrected chi connectivity index (χ3v) is 4.18. The van der Waals surface area contributed by atoms with Gasteiger partial charge in [-0.2, -0.15) is 0 Å². The Labute approximate surface area is 162 Å². The summed E-state index contributed by atoms with van der Waals surface area (Å²) < 4.78 is 21.5. The summed E-state index contributed by atoms with van der Waals surface area (Å²) in [5.74, 6) is 1.57. The molecule has 8 heteroatoms. The van der Waals surface area contributed by atoms with E-state index in [1.54, 1.807) is 38.5 Å². The van der Waals surface area contributed by atoms with Gasteiger partial charge in [0.15, 0.2) is 11.5 Å². The molecular formula is C20H22N2O6. The van der Waals surface area contributed by atoms with E-state index in [1.807, 2.05) is 18.2 Å². The van der Waals surface area contributed by atoms with Gasteiger partial charge in [0.05, 0.1) is 14.2 Å². The fourth-order valence-corrected chi connectivity index (χ4v) is 2.69. The summed E-state index contributed by atoms with van der Waals surface area (Å²) >= 11 is 0. The van der Waals surface area contributed by atoms with Crippen molar-refractivity contribution < 1.29 is 28.5 Å². The molecule has 0 aliphatic carbocycles. The molecule has 2 amide bonds. The van der Waals surface area contributed by atoms with Crippen molar-refractivity contribution in [1.29, 1.82) is 0 Å². The number of carbonyl (C=O) groups excluding carboxylic acids is 2. The zero-order valence-electron chi connectivity index (χ0n) is 15.7. The third kappa shape index (κ3) is 4.85. The maximum absolute atomic E-state index is 12.2. The molecule has 0 saturated carbocycles. The maximum Gasteiger partial charge on any atom is 0.283 e. The molecule has 0 aromatic heterocycles. The number of aryl methyl sites for hydroxylation is 1. The zero-order valence-corrected chi connectivity index (χ0v) is 15.7. The first-order valence-corrected chi connectivity index (χ1v) is 8.78. The molecule has 2 aromatic carbocycles. The van der Waals surface area contributed by atoms with Crippen LogP contribution in [0.25, 0.3) is 0 Å². The van der Waals surface area contributed by atoms with E-state index >= 15 is 0 Å². The molecule has 1 aliphatic heterocycles. The number of fused-ring (bicyclic) bond motifs is 1. The smallest absolute Gasteiger partial charge is 0.283 e. The Morgan fingerprint density at radius 3 is 2.39 bits per heavy atom. The number of hydrogen-bond acceptors (Lipinski definition) is 6. The van der Waals surface area contributed by atoms with E-state index in [4.69, 9.17) is 18.9 Å². The van der Waals surface area contributed by atoms with Crippen molar-refractivity contribution in [2.45, 2.75) is 18.9 Å². The van der Waals surface area contributed by atoms with Gasteiger partial charge in [0.1, 0.15) is 18.1 Å². The molecule has 2 N–H and O–H groups in total. The van der Waals surface area contributed by atoms with Crippen molar-refractivity contribution in [3.63, 3.8) is 0 Å². The summed E-state index contributed by atoms with van der Waals surface area (Å²) in [6.45, 7) is 0.0717. The number of amides is 2. The number of nitrogens with one attached hydrogen (secondary N) is 2. The molecule has 148 valence electrons. The van der Waals surface area contributed by atoms with E-state index in [1.165, 1.54) is 0 Å². The van der Waals surface area contributed by atoms with Crippen LogP contribution in [0.1, 0.15) is 12.0 Å². The Kier molecular flexibility index (Phi) is 6.21. The first-order chi connectivity index (χ1) is 13.6. The number of rotatable bonds is 6. The van der Waals surface area contributed by atoms with Crippen molar-refractivity contribution in [1.82, 2.24) is 10.9 Å². The average Bonchev–Trinajstić information content (AvgIpc) is 2.75. The Morgan fingerprint density at radius 2 is 1.71 bits per heavy atom. The Bertz CT molecular complexity index is 832. The van der Waals surface area contributed by atoms with E-state index < -0.39 is 12.0 Å². The molecule has 1 atom stereocenters. The highest BCUT2D eigenvalue weighted by atomic mass is 16.6. The van der Waals surface area contributed by atoms with Gasteiger partial charge in [0, 0.05) is 12.5 Å². The van der Waals surface area contributed by atoms with Gasteiger partial charge in [0.25, 0.3) is 5.91 Å². The van der Waals surface area contributed by atoms with Gasteiger partial charge in [-0.25, -0.2) is 0 Å². The van der Waals surface area contributed by atoms with Crippen LogP contribution in [0.5, 0.6) is 23.0 Å². The lowest BCUT2D eigenvalue weighted by atomic mass is 10.1. The van der Waals surface area contributed by atoms with Gasteiger partial charge in [-0.3, -0.25) is 20.4 Å². The molecule has 0 spiro atoms. The number of hydrogen-bond donors (Lipinski definition) is 2. The monoisotopic (exact) mass is 386 g/mol. The standard InChI is InChI=1S/C20H22N2O6/c1-25-14-9-13(10-15(11-14)26-2)7-8-19(23)21-22-20(24)18-12-27-16-5-3-4-6-17(16)28-18/h3-6,9-11,18H,7-8,12H2,1-2H3,(H,21,23)(H,22,24)/t18-/m0/s1. The van der Waals surface area contributed by atoms with Gasteiger partial charge in [-0.1, -0.05) is 12.1 Å². The van der Waals surface area contributed by atoms with Gasteiger partial charge >= 0.3 is 0 Å². The highest BCUT2D eigenvalue weighted by Gasteiger charge is 2.27. The largest absolute Gasteiger partial charge is 0.497 e.